The number of amides is 1. The number of alkyl halides is 3. The van der Waals surface area contributed by atoms with Gasteiger partial charge in [0.25, 0.3) is 0 Å². The van der Waals surface area contributed by atoms with Gasteiger partial charge in [-0.2, -0.15) is 13.2 Å². The molecule has 150 valence electrons. The quantitative estimate of drug-likeness (QED) is 0.837. The molecule has 2 saturated heterocycles. The highest BCUT2D eigenvalue weighted by Gasteiger charge is 2.39. The molecule has 0 aliphatic carbocycles. The summed E-state index contributed by atoms with van der Waals surface area (Å²) < 4.78 is 44.8. The van der Waals surface area contributed by atoms with Crippen molar-refractivity contribution in [1.29, 1.82) is 0 Å². The molecule has 1 amide bonds. The van der Waals surface area contributed by atoms with Gasteiger partial charge in [0, 0.05) is 19.6 Å². The summed E-state index contributed by atoms with van der Waals surface area (Å²) >= 11 is 0. The molecule has 2 heterocycles. The van der Waals surface area contributed by atoms with Crippen LogP contribution in [0.2, 0.25) is 0 Å². The first-order valence-corrected chi connectivity index (χ1v) is 9.32. The normalized spacial score (nSPS) is 20.8. The SMILES string of the molecule is O=C(O)N1CCC(OCCN2CCCC2)(c2ccc(C(F)(F)F)cc2)CC1. The lowest BCUT2D eigenvalue weighted by atomic mass is 9.83. The van der Waals surface area contributed by atoms with Crippen LogP contribution >= 0.6 is 0 Å². The van der Waals surface area contributed by atoms with Gasteiger partial charge in [-0.3, -0.25) is 0 Å². The lowest BCUT2D eigenvalue weighted by Gasteiger charge is -2.41. The molecule has 5 nitrogen and oxygen atoms in total. The predicted octanol–water partition coefficient (Wildman–Crippen LogP) is 3.79. The van der Waals surface area contributed by atoms with E-state index in [2.05, 4.69) is 4.90 Å². The first-order chi connectivity index (χ1) is 12.8. The molecule has 0 saturated carbocycles. The Hall–Kier alpha value is -1.80. The Labute approximate surface area is 156 Å². The lowest BCUT2D eigenvalue weighted by molar-refractivity contribution is -0.137. The van der Waals surface area contributed by atoms with Gasteiger partial charge in [-0.1, -0.05) is 12.1 Å². The zero-order valence-electron chi connectivity index (χ0n) is 15.2. The van der Waals surface area contributed by atoms with Crippen molar-refractivity contribution in [3.05, 3.63) is 35.4 Å². The van der Waals surface area contributed by atoms with Crippen molar-refractivity contribution in [1.82, 2.24) is 9.80 Å². The first-order valence-electron chi connectivity index (χ1n) is 9.32. The summed E-state index contributed by atoms with van der Waals surface area (Å²) in [5, 5.41) is 9.18. The van der Waals surface area contributed by atoms with Gasteiger partial charge in [0.05, 0.1) is 17.8 Å². The van der Waals surface area contributed by atoms with Crippen LogP contribution in [0.3, 0.4) is 0 Å². The van der Waals surface area contributed by atoms with Crippen molar-refractivity contribution >= 4 is 6.09 Å². The van der Waals surface area contributed by atoms with E-state index in [1.165, 1.54) is 29.9 Å². The topological polar surface area (TPSA) is 53.0 Å². The fourth-order valence-electron chi connectivity index (χ4n) is 3.91. The van der Waals surface area contributed by atoms with E-state index in [4.69, 9.17) is 4.74 Å². The maximum absolute atomic E-state index is 12.9. The molecule has 0 bridgehead atoms. The van der Waals surface area contributed by atoms with Crippen LogP contribution in [-0.4, -0.2) is 60.3 Å². The van der Waals surface area contributed by atoms with Gasteiger partial charge in [-0.25, -0.2) is 4.79 Å². The molecule has 27 heavy (non-hydrogen) atoms. The molecule has 1 N–H and O–H groups in total. The Morgan fingerprint density at radius 1 is 1.07 bits per heavy atom. The summed E-state index contributed by atoms with van der Waals surface area (Å²) in [5.41, 5.74) is -0.751. The van der Waals surface area contributed by atoms with Gasteiger partial charge >= 0.3 is 12.3 Å². The van der Waals surface area contributed by atoms with Gasteiger partial charge < -0.3 is 19.6 Å². The molecule has 0 atom stereocenters. The van der Waals surface area contributed by atoms with Crippen LogP contribution in [0.4, 0.5) is 18.0 Å². The number of nitrogens with zero attached hydrogens (tertiary/aromatic N) is 2. The van der Waals surface area contributed by atoms with Crippen LogP contribution in [-0.2, 0) is 16.5 Å². The molecule has 2 aliphatic rings. The van der Waals surface area contributed by atoms with Crippen LogP contribution in [0.25, 0.3) is 0 Å². The number of likely N-dealkylation sites (tertiary alicyclic amines) is 2. The van der Waals surface area contributed by atoms with E-state index in [1.54, 1.807) is 0 Å². The Morgan fingerprint density at radius 2 is 1.67 bits per heavy atom. The largest absolute Gasteiger partial charge is 0.465 e. The summed E-state index contributed by atoms with van der Waals surface area (Å²) in [6.07, 6.45) is -2.13. The smallest absolute Gasteiger partial charge is 0.416 e. The van der Waals surface area contributed by atoms with Crippen molar-refractivity contribution in [2.24, 2.45) is 0 Å². The number of rotatable bonds is 5. The molecule has 2 aliphatic heterocycles. The summed E-state index contributed by atoms with van der Waals surface area (Å²) in [6, 6.07) is 5.08. The standard InChI is InChI=1S/C19H25F3N2O3/c20-19(21,22)16-5-3-15(4-6-16)18(7-11-24(12-8-18)17(25)26)27-14-13-23-9-1-2-10-23/h3-6H,1-2,7-14H2,(H,25,26). The zero-order valence-corrected chi connectivity index (χ0v) is 15.2. The highest BCUT2D eigenvalue weighted by molar-refractivity contribution is 5.65. The summed E-state index contributed by atoms with van der Waals surface area (Å²) in [5.74, 6) is 0. The molecule has 0 radical (unpaired) electrons. The maximum Gasteiger partial charge on any atom is 0.416 e. The second-order valence-electron chi connectivity index (χ2n) is 7.24. The molecular weight excluding hydrogens is 361 g/mol. The second kappa shape index (κ2) is 8.06. The molecule has 1 aromatic carbocycles. The Morgan fingerprint density at radius 3 is 2.19 bits per heavy atom. The number of piperidine rings is 1. The van der Waals surface area contributed by atoms with E-state index in [1.807, 2.05) is 0 Å². The van der Waals surface area contributed by atoms with Crippen LogP contribution < -0.4 is 0 Å². The number of halogens is 3. The van der Waals surface area contributed by atoms with E-state index in [9.17, 15) is 23.1 Å². The number of hydrogen-bond donors (Lipinski definition) is 1. The molecule has 0 aromatic heterocycles. The van der Waals surface area contributed by atoms with Gasteiger partial charge in [-0.05, 0) is 56.5 Å². The van der Waals surface area contributed by atoms with Crippen molar-refractivity contribution in [3.8, 4) is 0 Å². The molecule has 8 heteroatoms. The molecule has 1 aromatic rings. The molecule has 2 fully saturated rings. The number of ether oxygens (including phenoxy) is 1. The highest BCUT2D eigenvalue weighted by Crippen LogP contribution is 2.38. The minimum atomic E-state index is -4.38. The maximum atomic E-state index is 12.9. The zero-order chi connectivity index (χ0) is 19.5. The van der Waals surface area contributed by atoms with Crippen LogP contribution in [0, 0.1) is 0 Å². The third-order valence-electron chi connectivity index (χ3n) is 5.56. The van der Waals surface area contributed by atoms with Crippen molar-refractivity contribution in [2.75, 3.05) is 39.3 Å². The van der Waals surface area contributed by atoms with E-state index in [-0.39, 0.29) is 0 Å². The lowest BCUT2D eigenvalue weighted by Crippen LogP contribution is -2.46. The average molecular weight is 386 g/mol. The van der Waals surface area contributed by atoms with Crippen molar-refractivity contribution < 1.29 is 27.8 Å². The minimum Gasteiger partial charge on any atom is -0.465 e. The number of carboxylic acid groups (broad SMARTS) is 1. The number of hydrogen-bond acceptors (Lipinski definition) is 3. The Bertz CT molecular complexity index is 635. The summed E-state index contributed by atoms with van der Waals surface area (Å²) in [7, 11) is 0. The fraction of sp³-hybridized carbons (Fsp3) is 0.632. The van der Waals surface area contributed by atoms with Gasteiger partial charge in [-0.15, -0.1) is 0 Å². The van der Waals surface area contributed by atoms with Gasteiger partial charge in [0.1, 0.15) is 0 Å². The predicted molar refractivity (Wildman–Crippen MR) is 93.6 cm³/mol. The Kier molecular flexibility index (Phi) is 5.95. The number of carbonyl (C=O) groups is 1. The fourth-order valence-corrected chi connectivity index (χ4v) is 3.91. The molecule has 3 rings (SSSR count). The van der Waals surface area contributed by atoms with Gasteiger partial charge in [0.15, 0.2) is 0 Å². The molecular formula is C19H25F3N2O3. The van der Waals surface area contributed by atoms with E-state index < -0.39 is 23.4 Å². The monoisotopic (exact) mass is 386 g/mol. The highest BCUT2D eigenvalue weighted by atomic mass is 19.4. The van der Waals surface area contributed by atoms with E-state index in [0.717, 1.165) is 31.8 Å². The van der Waals surface area contributed by atoms with Crippen LogP contribution in [0.5, 0.6) is 0 Å². The van der Waals surface area contributed by atoms with E-state index >= 15 is 0 Å². The third-order valence-corrected chi connectivity index (χ3v) is 5.56. The summed E-state index contributed by atoms with van der Waals surface area (Å²) in [6.45, 7) is 3.96. The third kappa shape index (κ3) is 4.73. The van der Waals surface area contributed by atoms with Gasteiger partial charge in [0.2, 0.25) is 0 Å². The Balaban J connectivity index is 1.73. The average Bonchev–Trinajstić information content (AvgIpc) is 3.15. The van der Waals surface area contributed by atoms with E-state index in [0.29, 0.717) is 38.1 Å². The molecule has 0 spiro atoms. The minimum absolute atomic E-state index is 0.306. The summed E-state index contributed by atoms with van der Waals surface area (Å²) in [4.78, 5) is 14.8. The van der Waals surface area contributed by atoms with Crippen LogP contribution in [0.1, 0.15) is 36.8 Å². The molecule has 0 unspecified atom stereocenters. The van der Waals surface area contributed by atoms with Crippen molar-refractivity contribution in [3.63, 3.8) is 0 Å². The first kappa shape index (κ1) is 19.9. The van der Waals surface area contributed by atoms with Crippen molar-refractivity contribution in [2.45, 2.75) is 37.5 Å². The number of benzene rings is 1. The van der Waals surface area contributed by atoms with Crippen LogP contribution in [0.15, 0.2) is 24.3 Å². The second-order valence-corrected chi connectivity index (χ2v) is 7.24.